The maximum Gasteiger partial charge on any atom is 0.319 e. The molecule has 8 heteroatoms. The number of nitrogens with one attached hydrogen (secondary N) is 2. The number of hydrogen-bond acceptors (Lipinski definition) is 3. The topological polar surface area (TPSA) is 84.3 Å². The Hall–Kier alpha value is -2.12. The monoisotopic (exact) mass is 397 g/mol. The van der Waals surface area contributed by atoms with Crippen LogP contribution in [0.5, 0.6) is 0 Å². The number of amides is 2. The van der Waals surface area contributed by atoms with E-state index in [-0.39, 0.29) is 10.7 Å². The second kappa shape index (κ2) is 7.94. The van der Waals surface area contributed by atoms with Gasteiger partial charge in [0.05, 0.1) is 4.92 Å². The minimum Gasteiger partial charge on any atom is -0.338 e. The van der Waals surface area contributed by atoms with Gasteiger partial charge < -0.3 is 10.6 Å². The van der Waals surface area contributed by atoms with Crippen LogP contribution in [-0.2, 0) is 6.42 Å². The van der Waals surface area contributed by atoms with Gasteiger partial charge in [-0.25, -0.2) is 4.79 Å². The third-order valence-corrected chi connectivity index (χ3v) is 3.86. The molecule has 23 heavy (non-hydrogen) atoms. The van der Waals surface area contributed by atoms with E-state index in [0.29, 0.717) is 18.7 Å². The predicted molar refractivity (Wildman–Crippen MR) is 93.0 cm³/mol. The van der Waals surface area contributed by atoms with E-state index in [1.54, 1.807) is 0 Å². The summed E-state index contributed by atoms with van der Waals surface area (Å²) in [5, 5.41) is 16.1. The van der Waals surface area contributed by atoms with E-state index in [1.807, 2.05) is 24.3 Å². The number of urea groups is 1. The van der Waals surface area contributed by atoms with Crippen molar-refractivity contribution < 1.29 is 9.72 Å². The number of benzene rings is 2. The number of nitro groups is 1. The van der Waals surface area contributed by atoms with Crippen LogP contribution in [0, 0.1) is 10.1 Å². The number of hydrogen-bond donors (Lipinski definition) is 2. The highest BCUT2D eigenvalue weighted by Gasteiger charge is 2.13. The lowest BCUT2D eigenvalue weighted by molar-refractivity contribution is -0.384. The molecule has 0 aliphatic rings. The Labute approximate surface area is 146 Å². The third kappa shape index (κ3) is 5.22. The Morgan fingerprint density at radius 1 is 1.22 bits per heavy atom. The number of nitrogens with zero attached hydrogens (tertiary/aromatic N) is 1. The van der Waals surface area contributed by atoms with Crippen LogP contribution in [0.15, 0.2) is 46.9 Å². The van der Waals surface area contributed by atoms with Crippen LogP contribution in [0.4, 0.5) is 16.2 Å². The van der Waals surface area contributed by atoms with Crippen molar-refractivity contribution >= 4 is 44.9 Å². The number of carbonyl (C=O) groups is 1. The van der Waals surface area contributed by atoms with Crippen LogP contribution < -0.4 is 10.6 Å². The van der Waals surface area contributed by atoms with Crippen molar-refractivity contribution in [2.24, 2.45) is 0 Å². The molecular weight excluding hydrogens is 386 g/mol. The molecule has 0 aromatic heterocycles. The molecule has 0 radical (unpaired) electrons. The standard InChI is InChI=1S/C15H13BrClN3O3/c16-11-3-1-10(2-4-11)7-8-18-15(21)19-12-5-6-13(17)14(9-12)20(22)23/h1-6,9H,7-8H2,(H2,18,19,21). The Morgan fingerprint density at radius 3 is 2.57 bits per heavy atom. The van der Waals surface area contributed by atoms with Gasteiger partial charge in [0.2, 0.25) is 0 Å². The van der Waals surface area contributed by atoms with Gasteiger partial charge in [-0.3, -0.25) is 10.1 Å². The maximum atomic E-state index is 11.8. The van der Waals surface area contributed by atoms with E-state index in [4.69, 9.17) is 11.6 Å². The van der Waals surface area contributed by atoms with Crippen molar-refractivity contribution in [2.75, 3.05) is 11.9 Å². The highest BCUT2D eigenvalue weighted by molar-refractivity contribution is 9.10. The summed E-state index contributed by atoms with van der Waals surface area (Å²) < 4.78 is 0.997. The van der Waals surface area contributed by atoms with Gasteiger partial charge in [0, 0.05) is 22.8 Å². The number of rotatable bonds is 5. The minimum absolute atomic E-state index is 0.0243. The van der Waals surface area contributed by atoms with E-state index < -0.39 is 11.0 Å². The lowest BCUT2D eigenvalue weighted by Crippen LogP contribution is -2.30. The van der Waals surface area contributed by atoms with Gasteiger partial charge in [0.25, 0.3) is 5.69 Å². The zero-order valence-electron chi connectivity index (χ0n) is 11.9. The van der Waals surface area contributed by atoms with Crippen LogP contribution >= 0.6 is 27.5 Å². The van der Waals surface area contributed by atoms with E-state index >= 15 is 0 Å². The largest absolute Gasteiger partial charge is 0.338 e. The van der Waals surface area contributed by atoms with Gasteiger partial charge in [-0.05, 0) is 36.2 Å². The summed E-state index contributed by atoms with van der Waals surface area (Å²) in [6.07, 6.45) is 0.682. The van der Waals surface area contributed by atoms with Crippen LogP contribution in [0.3, 0.4) is 0 Å². The number of anilines is 1. The van der Waals surface area contributed by atoms with Gasteiger partial charge in [-0.1, -0.05) is 39.7 Å². The first-order chi connectivity index (χ1) is 11.0. The summed E-state index contributed by atoms with van der Waals surface area (Å²) in [6.45, 7) is 0.448. The number of nitro benzene ring substituents is 1. The maximum absolute atomic E-state index is 11.8. The fourth-order valence-electron chi connectivity index (χ4n) is 1.88. The quantitative estimate of drug-likeness (QED) is 0.579. The Morgan fingerprint density at radius 2 is 1.91 bits per heavy atom. The predicted octanol–water partition coefficient (Wildman–Crippen LogP) is 4.37. The Bertz CT molecular complexity index is 722. The van der Waals surface area contributed by atoms with Crippen molar-refractivity contribution in [3.8, 4) is 0 Å². The average Bonchev–Trinajstić information content (AvgIpc) is 2.51. The van der Waals surface area contributed by atoms with Crippen molar-refractivity contribution in [2.45, 2.75) is 6.42 Å². The molecule has 6 nitrogen and oxygen atoms in total. The molecule has 2 aromatic rings. The lowest BCUT2D eigenvalue weighted by Gasteiger charge is -2.08. The van der Waals surface area contributed by atoms with Gasteiger partial charge >= 0.3 is 6.03 Å². The molecule has 0 aliphatic carbocycles. The second-order valence-corrected chi connectivity index (χ2v) is 6.00. The van der Waals surface area contributed by atoms with E-state index in [2.05, 4.69) is 26.6 Å². The summed E-state index contributed by atoms with van der Waals surface area (Å²) in [5.74, 6) is 0. The van der Waals surface area contributed by atoms with Crippen LogP contribution in [-0.4, -0.2) is 17.5 Å². The highest BCUT2D eigenvalue weighted by atomic mass is 79.9. The van der Waals surface area contributed by atoms with Crippen molar-refractivity contribution in [3.63, 3.8) is 0 Å². The van der Waals surface area contributed by atoms with Crippen LogP contribution in [0.25, 0.3) is 0 Å². The van der Waals surface area contributed by atoms with E-state index in [1.165, 1.54) is 18.2 Å². The van der Waals surface area contributed by atoms with Gasteiger partial charge in [-0.2, -0.15) is 0 Å². The number of halogens is 2. The third-order valence-electron chi connectivity index (χ3n) is 3.01. The van der Waals surface area contributed by atoms with Gasteiger partial charge in [0.15, 0.2) is 0 Å². The molecule has 0 bridgehead atoms. The zero-order valence-corrected chi connectivity index (χ0v) is 14.2. The van der Waals surface area contributed by atoms with Gasteiger partial charge in [-0.15, -0.1) is 0 Å². The van der Waals surface area contributed by atoms with E-state index in [9.17, 15) is 14.9 Å². The van der Waals surface area contributed by atoms with Crippen molar-refractivity contribution in [3.05, 3.63) is 67.6 Å². The van der Waals surface area contributed by atoms with E-state index in [0.717, 1.165) is 10.0 Å². The first-order valence-electron chi connectivity index (χ1n) is 6.69. The van der Waals surface area contributed by atoms with Crippen LogP contribution in [0.1, 0.15) is 5.56 Å². The molecule has 0 spiro atoms. The molecule has 120 valence electrons. The summed E-state index contributed by atoms with van der Waals surface area (Å²) in [6, 6.07) is 11.5. The van der Waals surface area contributed by atoms with Crippen molar-refractivity contribution in [1.82, 2.24) is 5.32 Å². The molecule has 0 unspecified atom stereocenters. The fraction of sp³-hybridized carbons (Fsp3) is 0.133. The zero-order chi connectivity index (χ0) is 16.8. The summed E-state index contributed by atoms with van der Waals surface area (Å²) in [4.78, 5) is 22.0. The average molecular weight is 399 g/mol. The molecule has 2 N–H and O–H groups in total. The molecule has 0 aliphatic heterocycles. The molecule has 0 atom stereocenters. The first-order valence-corrected chi connectivity index (χ1v) is 7.86. The molecule has 2 aromatic carbocycles. The lowest BCUT2D eigenvalue weighted by atomic mass is 10.1. The highest BCUT2D eigenvalue weighted by Crippen LogP contribution is 2.27. The first kappa shape index (κ1) is 17.2. The molecule has 0 fully saturated rings. The number of carbonyl (C=O) groups excluding carboxylic acids is 1. The van der Waals surface area contributed by atoms with Crippen molar-refractivity contribution in [1.29, 1.82) is 0 Å². The smallest absolute Gasteiger partial charge is 0.319 e. The SMILES string of the molecule is O=C(NCCc1ccc(Br)cc1)Nc1ccc(Cl)c([N+](=O)[O-])c1. The van der Waals surface area contributed by atoms with Crippen LogP contribution in [0.2, 0.25) is 5.02 Å². The summed E-state index contributed by atoms with van der Waals surface area (Å²) >= 11 is 9.07. The minimum atomic E-state index is -0.598. The molecular formula is C15H13BrClN3O3. The molecule has 0 saturated carbocycles. The van der Waals surface area contributed by atoms with Gasteiger partial charge in [0.1, 0.15) is 5.02 Å². The molecule has 2 rings (SSSR count). The second-order valence-electron chi connectivity index (χ2n) is 4.68. The molecule has 0 saturated heterocycles. The Balaban J connectivity index is 1.86. The summed E-state index contributed by atoms with van der Waals surface area (Å²) in [5.41, 5.74) is 1.15. The molecule has 2 amide bonds. The normalized spacial score (nSPS) is 10.2. The molecule has 0 heterocycles. The summed E-state index contributed by atoms with van der Waals surface area (Å²) in [7, 11) is 0. The Kier molecular flexibility index (Phi) is 5.95. The fourth-order valence-corrected chi connectivity index (χ4v) is 2.33.